The van der Waals surface area contributed by atoms with Gasteiger partial charge in [0.2, 0.25) is 0 Å². The molecule has 0 heterocycles. The molecular weight excluding hydrogens is 334 g/mol. The molecule has 1 aliphatic rings. The predicted molar refractivity (Wildman–Crippen MR) is 95.7 cm³/mol. The predicted octanol–water partition coefficient (Wildman–Crippen LogP) is 4.14. The highest BCUT2D eigenvalue weighted by atomic mass is 16.6. The lowest BCUT2D eigenvalue weighted by molar-refractivity contribution is -0.384. The number of hydrogen-bond acceptors (Lipinski definition) is 5. The molecule has 0 unspecified atom stereocenters. The van der Waals surface area contributed by atoms with Crippen molar-refractivity contribution in [1.29, 1.82) is 0 Å². The molecule has 6 nitrogen and oxygen atoms in total. The molecule has 1 atom stereocenters. The molecule has 6 heteroatoms. The van der Waals surface area contributed by atoms with Gasteiger partial charge < -0.3 is 9.47 Å². The number of rotatable bonds is 7. The van der Waals surface area contributed by atoms with Crippen LogP contribution in [-0.4, -0.2) is 23.1 Å². The third-order valence-corrected chi connectivity index (χ3v) is 4.74. The van der Waals surface area contributed by atoms with Crippen molar-refractivity contribution in [3.05, 3.63) is 75.8 Å². The van der Waals surface area contributed by atoms with Crippen LogP contribution in [0, 0.1) is 16.0 Å². The normalized spacial score (nSPS) is 20.0. The number of nitro benzene ring substituents is 1. The zero-order valence-corrected chi connectivity index (χ0v) is 14.5. The van der Waals surface area contributed by atoms with Crippen LogP contribution in [0.25, 0.3) is 0 Å². The Morgan fingerprint density at radius 1 is 1.15 bits per heavy atom. The summed E-state index contributed by atoms with van der Waals surface area (Å²) in [6.45, 7) is 2.62. The van der Waals surface area contributed by atoms with Crippen molar-refractivity contribution in [2.45, 2.75) is 38.6 Å². The topological polar surface area (TPSA) is 78.7 Å². The monoisotopic (exact) mass is 355 g/mol. The van der Waals surface area contributed by atoms with E-state index in [0.717, 1.165) is 18.4 Å². The number of hydrogen-bond donors (Lipinski definition) is 0. The molecule has 0 spiro atoms. The molecule has 2 aromatic rings. The maximum atomic E-state index is 12.1. The van der Waals surface area contributed by atoms with Crippen molar-refractivity contribution in [2.24, 2.45) is 5.92 Å². The van der Waals surface area contributed by atoms with Crippen LogP contribution >= 0.6 is 0 Å². The van der Waals surface area contributed by atoms with Gasteiger partial charge in [-0.3, -0.25) is 10.1 Å². The maximum absolute atomic E-state index is 12.1. The molecular formula is C20H21NO5. The highest BCUT2D eigenvalue weighted by molar-refractivity contribution is 5.89. The van der Waals surface area contributed by atoms with Gasteiger partial charge in [0.1, 0.15) is 6.10 Å². The molecule has 1 fully saturated rings. The molecule has 0 saturated heterocycles. The van der Waals surface area contributed by atoms with Gasteiger partial charge in [0.25, 0.3) is 5.69 Å². The van der Waals surface area contributed by atoms with E-state index in [1.807, 2.05) is 37.3 Å². The van der Waals surface area contributed by atoms with Crippen LogP contribution < -0.4 is 0 Å². The lowest BCUT2D eigenvalue weighted by Crippen LogP contribution is -2.39. The largest absolute Gasteiger partial charge is 0.459 e. The van der Waals surface area contributed by atoms with Crippen molar-refractivity contribution in [1.82, 2.24) is 0 Å². The van der Waals surface area contributed by atoms with Gasteiger partial charge in [-0.25, -0.2) is 4.79 Å². The number of esters is 1. The van der Waals surface area contributed by atoms with E-state index in [1.54, 1.807) is 0 Å². The number of non-ortho nitro benzene ring substituents is 1. The Morgan fingerprint density at radius 3 is 2.42 bits per heavy atom. The highest BCUT2D eigenvalue weighted by Crippen LogP contribution is 2.35. The summed E-state index contributed by atoms with van der Waals surface area (Å²) in [7, 11) is 0. The third kappa shape index (κ3) is 4.46. The van der Waals surface area contributed by atoms with E-state index in [1.165, 1.54) is 24.3 Å². The fourth-order valence-corrected chi connectivity index (χ4v) is 2.96. The van der Waals surface area contributed by atoms with Crippen molar-refractivity contribution in [2.75, 3.05) is 0 Å². The first-order valence-electron chi connectivity index (χ1n) is 8.64. The Kier molecular flexibility index (Phi) is 5.63. The number of carbonyl (C=O) groups excluding carboxylic acids is 1. The van der Waals surface area contributed by atoms with Crippen LogP contribution in [0.1, 0.15) is 35.7 Å². The maximum Gasteiger partial charge on any atom is 0.338 e. The lowest BCUT2D eigenvalue weighted by atomic mass is 9.79. The Labute approximate surface area is 151 Å². The van der Waals surface area contributed by atoms with Gasteiger partial charge >= 0.3 is 5.97 Å². The van der Waals surface area contributed by atoms with Crippen LogP contribution in [0.5, 0.6) is 0 Å². The van der Waals surface area contributed by atoms with E-state index in [9.17, 15) is 14.9 Å². The Bertz CT molecular complexity index is 754. The number of ether oxygens (including phenoxy) is 2. The van der Waals surface area contributed by atoms with Crippen molar-refractivity contribution in [3.8, 4) is 0 Å². The van der Waals surface area contributed by atoms with E-state index < -0.39 is 10.9 Å². The van der Waals surface area contributed by atoms with Crippen molar-refractivity contribution < 1.29 is 19.2 Å². The van der Waals surface area contributed by atoms with E-state index in [2.05, 4.69) is 0 Å². The van der Waals surface area contributed by atoms with E-state index in [4.69, 9.17) is 9.47 Å². The minimum atomic E-state index is -0.498. The van der Waals surface area contributed by atoms with Crippen LogP contribution in [0.15, 0.2) is 54.6 Å². The first-order valence-corrected chi connectivity index (χ1v) is 8.64. The highest BCUT2D eigenvalue weighted by Gasteiger charge is 2.36. The zero-order chi connectivity index (χ0) is 18.5. The number of nitro groups is 1. The van der Waals surface area contributed by atoms with Gasteiger partial charge in [-0.2, -0.15) is 0 Å². The fourth-order valence-electron chi connectivity index (χ4n) is 2.96. The van der Waals surface area contributed by atoms with Gasteiger partial charge in [0, 0.05) is 12.1 Å². The summed E-state index contributed by atoms with van der Waals surface area (Å²) in [5.74, 6) is -0.0745. The molecule has 0 amide bonds. The van der Waals surface area contributed by atoms with Gasteiger partial charge in [-0.15, -0.1) is 0 Å². The number of carbonyl (C=O) groups is 1. The third-order valence-electron chi connectivity index (χ3n) is 4.74. The minimum absolute atomic E-state index is 0.0466. The quantitative estimate of drug-likeness (QED) is 0.424. The summed E-state index contributed by atoms with van der Waals surface area (Å²) in [5.41, 5.74) is 1.42. The van der Waals surface area contributed by atoms with Crippen molar-refractivity contribution >= 4 is 11.7 Å². The second kappa shape index (κ2) is 8.10. The average molecular weight is 355 g/mol. The summed E-state index contributed by atoms with van der Waals surface area (Å²) in [4.78, 5) is 22.2. The molecule has 0 aliphatic heterocycles. The van der Waals surface area contributed by atoms with Crippen LogP contribution in [0.2, 0.25) is 0 Å². The van der Waals surface area contributed by atoms with Crippen LogP contribution in [-0.2, 0) is 16.1 Å². The Morgan fingerprint density at radius 2 is 1.81 bits per heavy atom. The molecule has 1 saturated carbocycles. The molecule has 0 radical (unpaired) electrons. The molecule has 26 heavy (non-hydrogen) atoms. The van der Waals surface area contributed by atoms with E-state index in [0.29, 0.717) is 18.1 Å². The molecule has 1 aliphatic carbocycles. The molecule has 0 aromatic heterocycles. The molecule has 2 aromatic carbocycles. The SMILES string of the molecule is C[C@H](OCc1ccccc1)C1CC(OC(=O)c2ccc([N+](=O)[O-])cc2)C1. The van der Waals surface area contributed by atoms with Crippen LogP contribution in [0.3, 0.4) is 0 Å². The molecule has 3 rings (SSSR count). The molecule has 0 N–H and O–H groups in total. The summed E-state index contributed by atoms with van der Waals surface area (Å²) in [5, 5.41) is 10.6. The summed E-state index contributed by atoms with van der Waals surface area (Å²) in [6.07, 6.45) is 1.53. The van der Waals surface area contributed by atoms with Gasteiger partial charge in [-0.1, -0.05) is 30.3 Å². The van der Waals surface area contributed by atoms with E-state index >= 15 is 0 Å². The van der Waals surface area contributed by atoms with Gasteiger partial charge in [0.05, 0.1) is 23.2 Å². The Hall–Kier alpha value is -2.73. The first kappa shape index (κ1) is 18.1. The van der Waals surface area contributed by atoms with Crippen LogP contribution in [0.4, 0.5) is 5.69 Å². The standard InChI is InChI=1S/C20H21NO5/c1-14(25-13-15-5-3-2-4-6-15)17-11-19(12-17)26-20(22)16-7-9-18(10-8-16)21(23)24/h2-10,14,17,19H,11-13H2,1H3/t14-,17?,19?/m0/s1. The summed E-state index contributed by atoms with van der Waals surface area (Å²) in [6, 6.07) is 15.5. The molecule has 136 valence electrons. The fraction of sp³-hybridized carbons (Fsp3) is 0.350. The minimum Gasteiger partial charge on any atom is -0.459 e. The zero-order valence-electron chi connectivity index (χ0n) is 14.5. The second-order valence-electron chi connectivity index (χ2n) is 6.56. The number of benzene rings is 2. The molecule has 0 bridgehead atoms. The lowest BCUT2D eigenvalue weighted by Gasteiger charge is -2.38. The summed E-state index contributed by atoms with van der Waals surface area (Å²) >= 11 is 0. The van der Waals surface area contributed by atoms with Crippen molar-refractivity contribution in [3.63, 3.8) is 0 Å². The summed E-state index contributed by atoms with van der Waals surface area (Å²) < 4.78 is 11.4. The average Bonchev–Trinajstić information content (AvgIpc) is 2.63. The second-order valence-corrected chi connectivity index (χ2v) is 6.56. The van der Waals surface area contributed by atoms with Gasteiger partial charge in [0.15, 0.2) is 0 Å². The Balaban J connectivity index is 1.41. The smallest absolute Gasteiger partial charge is 0.338 e. The number of nitrogens with zero attached hydrogens (tertiary/aromatic N) is 1. The first-order chi connectivity index (χ1) is 12.5. The van der Waals surface area contributed by atoms with E-state index in [-0.39, 0.29) is 17.9 Å². The van der Waals surface area contributed by atoms with Gasteiger partial charge in [-0.05, 0) is 43.4 Å².